The van der Waals surface area contributed by atoms with Crippen LogP contribution >= 0.6 is 0 Å². The van der Waals surface area contributed by atoms with E-state index in [9.17, 15) is 5.11 Å². The Hall–Kier alpha value is -2.38. The van der Waals surface area contributed by atoms with Crippen molar-refractivity contribution in [3.63, 3.8) is 0 Å². The maximum absolute atomic E-state index is 9.89. The van der Waals surface area contributed by atoms with Crippen LogP contribution in [0, 0.1) is 0 Å². The van der Waals surface area contributed by atoms with E-state index in [4.69, 9.17) is 4.98 Å². The van der Waals surface area contributed by atoms with Crippen molar-refractivity contribution in [2.45, 2.75) is 64.1 Å². The molecule has 3 heterocycles. The largest absolute Gasteiger partial charge is 0.393 e. The van der Waals surface area contributed by atoms with Gasteiger partial charge in [-0.15, -0.1) is 0 Å². The number of aryl methyl sites for hydroxylation is 1. The summed E-state index contributed by atoms with van der Waals surface area (Å²) in [5, 5.41) is 19.4. The van der Waals surface area contributed by atoms with Crippen LogP contribution in [0.5, 0.6) is 0 Å². The predicted molar refractivity (Wildman–Crippen MR) is 122 cm³/mol. The first-order valence-electron chi connectivity index (χ1n) is 11.2. The van der Waals surface area contributed by atoms with E-state index in [-0.39, 0.29) is 6.10 Å². The Morgan fingerprint density at radius 3 is 2.77 bits per heavy atom. The molecule has 7 nitrogen and oxygen atoms in total. The number of rotatable bonds is 8. The molecule has 1 aliphatic rings. The standard InChI is InChI=1S/C23H34N6O/c1-4-5-18-12-20-22(26-17-6-8-19(30)9-7-17)21(14-24-23(20)27-18)16-13-25-29(15-16)11-10-28(2)3/h12-15,17,19,30H,4-11H2,1-3H3,(H2,24,26,27). The first kappa shape index (κ1) is 20.9. The third-order valence-corrected chi connectivity index (χ3v) is 6.00. The lowest BCUT2D eigenvalue weighted by atomic mass is 9.92. The molecule has 1 fully saturated rings. The Labute approximate surface area is 178 Å². The number of anilines is 1. The average Bonchev–Trinajstić information content (AvgIpc) is 3.35. The molecule has 0 saturated heterocycles. The molecule has 3 aromatic heterocycles. The van der Waals surface area contributed by atoms with Crippen LogP contribution in [0.4, 0.5) is 5.69 Å². The molecule has 0 radical (unpaired) electrons. The van der Waals surface area contributed by atoms with Crippen molar-refractivity contribution in [1.82, 2.24) is 24.6 Å². The van der Waals surface area contributed by atoms with Gasteiger partial charge in [0.1, 0.15) is 5.65 Å². The highest BCUT2D eigenvalue weighted by Crippen LogP contribution is 2.36. The van der Waals surface area contributed by atoms with Crippen LogP contribution in [0.15, 0.2) is 24.7 Å². The van der Waals surface area contributed by atoms with E-state index in [0.717, 1.165) is 79.5 Å². The number of H-pyrrole nitrogens is 1. The maximum Gasteiger partial charge on any atom is 0.139 e. The Bertz CT molecular complexity index is 967. The third-order valence-electron chi connectivity index (χ3n) is 6.00. The van der Waals surface area contributed by atoms with Crippen molar-refractivity contribution in [1.29, 1.82) is 0 Å². The molecule has 30 heavy (non-hydrogen) atoms. The molecule has 0 atom stereocenters. The summed E-state index contributed by atoms with van der Waals surface area (Å²) in [5.74, 6) is 0. The second-order valence-corrected chi connectivity index (χ2v) is 8.80. The lowest BCUT2D eigenvalue weighted by molar-refractivity contribution is 0.126. The minimum atomic E-state index is -0.154. The van der Waals surface area contributed by atoms with E-state index in [1.807, 2.05) is 17.1 Å². The number of hydrogen-bond acceptors (Lipinski definition) is 5. The smallest absolute Gasteiger partial charge is 0.139 e. The van der Waals surface area contributed by atoms with Crippen LogP contribution < -0.4 is 5.32 Å². The minimum absolute atomic E-state index is 0.154. The third kappa shape index (κ3) is 4.68. The van der Waals surface area contributed by atoms with Crippen LogP contribution in [-0.2, 0) is 13.0 Å². The number of aliphatic hydroxyl groups is 1. The zero-order valence-corrected chi connectivity index (χ0v) is 18.4. The fourth-order valence-corrected chi connectivity index (χ4v) is 4.26. The second kappa shape index (κ2) is 9.18. The highest BCUT2D eigenvalue weighted by molar-refractivity contribution is 5.98. The summed E-state index contributed by atoms with van der Waals surface area (Å²) in [6.45, 7) is 4.00. The number of hydrogen-bond donors (Lipinski definition) is 3. The number of aromatic nitrogens is 4. The number of fused-ring (bicyclic) bond motifs is 1. The lowest BCUT2D eigenvalue weighted by Crippen LogP contribution is -2.28. The summed E-state index contributed by atoms with van der Waals surface area (Å²) < 4.78 is 2.00. The highest BCUT2D eigenvalue weighted by atomic mass is 16.3. The van der Waals surface area contributed by atoms with Crippen molar-refractivity contribution in [3.8, 4) is 11.1 Å². The summed E-state index contributed by atoms with van der Waals surface area (Å²) in [6.07, 6.45) is 11.7. The van der Waals surface area contributed by atoms with Crippen LogP contribution in [0.1, 0.15) is 44.7 Å². The van der Waals surface area contributed by atoms with Crippen molar-refractivity contribution >= 4 is 16.7 Å². The zero-order valence-electron chi connectivity index (χ0n) is 18.4. The van der Waals surface area contributed by atoms with E-state index in [1.165, 1.54) is 5.69 Å². The Kier molecular flexibility index (Phi) is 6.39. The van der Waals surface area contributed by atoms with Crippen LogP contribution in [0.2, 0.25) is 0 Å². The van der Waals surface area contributed by atoms with Gasteiger partial charge in [-0.1, -0.05) is 13.3 Å². The molecule has 0 aromatic carbocycles. The summed E-state index contributed by atoms with van der Waals surface area (Å²) in [7, 11) is 4.15. The van der Waals surface area contributed by atoms with Gasteiger partial charge in [0.2, 0.25) is 0 Å². The molecule has 0 amide bonds. The quantitative estimate of drug-likeness (QED) is 0.528. The van der Waals surface area contributed by atoms with Gasteiger partial charge < -0.3 is 20.3 Å². The first-order valence-corrected chi connectivity index (χ1v) is 11.2. The van der Waals surface area contributed by atoms with E-state index in [2.05, 4.69) is 53.6 Å². The molecule has 0 bridgehead atoms. The molecule has 162 valence electrons. The van der Waals surface area contributed by atoms with Crippen LogP contribution in [-0.4, -0.2) is 62.5 Å². The Morgan fingerprint density at radius 2 is 2.03 bits per heavy atom. The number of aliphatic hydroxyl groups excluding tert-OH is 1. The monoisotopic (exact) mass is 410 g/mol. The number of likely N-dealkylation sites (N-methyl/N-ethyl adjacent to an activating group) is 1. The van der Waals surface area contributed by atoms with Crippen LogP contribution in [0.3, 0.4) is 0 Å². The molecule has 0 spiro atoms. The van der Waals surface area contributed by atoms with E-state index in [0.29, 0.717) is 6.04 Å². The van der Waals surface area contributed by atoms with Gasteiger partial charge in [0.05, 0.1) is 24.5 Å². The number of aromatic amines is 1. The van der Waals surface area contributed by atoms with Crippen molar-refractivity contribution in [2.75, 3.05) is 26.0 Å². The topological polar surface area (TPSA) is 82.0 Å². The molecule has 1 aliphatic carbocycles. The van der Waals surface area contributed by atoms with E-state index in [1.54, 1.807) is 0 Å². The van der Waals surface area contributed by atoms with Gasteiger partial charge in [0, 0.05) is 47.2 Å². The van der Waals surface area contributed by atoms with Crippen molar-refractivity contribution in [2.24, 2.45) is 0 Å². The Morgan fingerprint density at radius 1 is 1.23 bits per heavy atom. The number of pyridine rings is 1. The SMILES string of the molecule is CCCc1cc2c(NC3CCC(O)CC3)c(-c3cnn(CCN(C)C)c3)cnc2[nH]1. The van der Waals surface area contributed by atoms with Crippen molar-refractivity contribution < 1.29 is 5.11 Å². The lowest BCUT2D eigenvalue weighted by Gasteiger charge is -2.28. The summed E-state index contributed by atoms with van der Waals surface area (Å²) >= 11 is 0. The fourth-order valence-electron chi connectivity index (χ4n) is 4.26. The Balaban J connectivity index is 1.69. The summed E-state index contributed by atoms with van der Waals surface area (Å²) in [5.41, 5.74) is 5.46. The molecular weight excluding hydrogens is 376 g/mol. The molecule has 7 heteroatoms. The van der Waals surface area contributed by atoms with Gasteiger partial charge in [-0.3, -0.25) is 4.68 Å². The van der Waals surface area contributed by atoms with Gasteiger partial charge in [-0.25, -0.2) is 4.98 Å². The van der Waals surface area contributed by atoms with Gasteiger partial charge in [0.15, 0.2) is 0 Å². The van der Waals surface area contributed by atoms with Gasteiger partial charge >= 0.3 is 0 Å². The first-order chi connectivity index (χ1) is 14.5. The normalized spacial score (nSPS) is 19.6. The molecule has 0 unspecified atom stereocenters. The summed E-state index contributed by atoms with van der Waals surface area (Å²) in [6, 6.07) is 2.61. The average molecular weight is 411 g/mol. The zero-order chi connectivity index (χ0) is 21.1. The summed E-state index contributed by atoms with van der Waals surface area (Å²) in [4.78, 5) is 10.4. The second-order valence-electron chi connectivity index (χ2n) is 8.80. The fraction of sp³-hybridized carbons (Fsp3) is 0.565. The van der Waals surface area contributed by atoms with Gasteiger partial charge in [0.25, 0.3) is 0 Å². The minimum Gasteiger partial charge on any atom is -0.393 e. The molecular formula is C23H34N6O. The molecule has 3 N–H and O–H groups in total. The van der Waals surface area contributed by atoms with Crippen molar-refractivity contribution in [3.05, 3.63) is 30.4 Å². The van der Waals surface area contributed by atoms with Gasteiger partial charge in [-0.2, -0.15) is 5.10 Å². The van der Waals surface area contributed by atoms with E-state index < -0.39 is 0 Å². The molecule has 4 rings (SSSR count). The predicted octanol–water partition coefficient (Wildman–Crippen LogP) is 3.66. The van der Waals surface area contributed by atoms with Gasteiger partial charge in [-0.05, 0) is 52.3 Å². The molecule has 1 saturated carbocycles. The molecule has 3 aromatic rings. The van der Waals surface area contributed by atoms with Crippen LogP contribution in [0.25, 0.3) is 22.2 Å². The number of nitrogens with zero attached hydrogens (tertiary/aromatic N) is 4. The molecule has 0 aliphatic heterocycles. The maximum atomic E-state index is 9.89. The van der Waals surface area contributed by atoms with E-state index >= 15 is 0 Å². The number of nitrogens with one attached hydrogen (secondary N) is 2. The highest BCUT2D eigenvalue weighted by Gasteiger charge is 2.22.